The van der Waals surface area contributed by atoms with Gasteiger partial charge < -0.3 is 9.72 Å². The number of methoxy groups -OCH3 is 1. The number of H-pyrrole nitrogens is 1. The first-order valence-electron chi connectivity index (χ1n) is 7.41. The largest absolute Gasteiger partial charge is 0.497 e. The lowest BCUT2D eigenvalue weighted by molar-refractivity contribution is 0.415. The molecule has 1 N–H and O–H groups in total. The van der Waals surface area contributed by atoms with Gasteiger partial charge >= 0.3 is 0 Å². The Morgan fingerprint density at radius 2 is 2.05 bits per heavy atom. The summed E-state index contributed by atoms with van der Waals surface area (Å²) >= 11 is 0. The van der Waals surface area contributed by atoms with E-state index >= 15 is 0 Å². The van der Waals surface area contributed by atoms with E-state index in [2.05, 4.69) is 37.2 Å². The molecule has 2 heteroatoms. The topological polar surface area (TPSA) is 25.0 Å². The molecule has 0 spiro atoms. The van der Waals surface area contributed by atoms with E-state index in [1.54, 1.807) is 7.11 Å². The number of nitrogens with one attached hydrogen (secondary N) is 1. The minimum absolute atomic E-state index is 0.609. The summed E-state index contributed by atoms with van der Waals surface area (Å²) in [5.41, 5.74) is 2.63. The Morgan fingerprint density at radius 3 is 2.79 bits per heavy atom. The first-order chi connectivity index (χ1) is 9.26. The van der Waals surface area contributed by atoms with Crippen LogP contribution >= 0.6 is 0 Å². The van der Waals surface area contributed by atoms with Crippen molar-refractivity contribution >= 4 is 10.9 Å². The van der Waals surface area contributed by atoms with Gasteiger partial charge in [0, 0.05) is 17.1 Å². The van der Waals surface area contributed by atoms with E-state index in [0.29, 0.717) is 5.92 Å². The van der Waals surface area contributed by atoms with Gasteiger partial charge in [-0.15, -0.1) is 0 Å². The summed E-state index contributed by atoms with van der Waals surface area (Å²) in [7, 11) is 1.72. The van der Waals surface area contributed by atoms with E-state index in [1.807, 2.05) is 6.07 Å². The molecule has 1 aromatic heterocycles. The molecule has 0 bridgehead atoms. The number of unbranched alkanes of at least 4 members (excludes halogenated alkanes) is 3. The molecule has 1 heterocycles. The number of aromatic amines is 1. The van der Waals surface area contributed by atoms with Crippen molar-refractivity contribution in [1.82, 2.24) is 4.98 Å². The molecule has 19 heavy (non-hydrogen) atoms. The van der Waals surface area contributed by atoms with Crippen LogP contribution < -0.4 is 4.74 Å². The molecule has 0 saturated heterocycles. The summed E-state index contributed by atoms with van der Waals surface area (Å²) in [5.74, 6) is 1.55. The first kappa shape index (κ1) is 14.0. The van der Waals surface area contributed by atoms with Crippen molar-refractivity contribution in [2.24, 2.45) is 0 Å². The quantitative estimate of drug-likeness (QED) is 0.675. The maximum absolute atomic E-state index is 5.33. The number of fused-ring (bicyclic) bond motifs is 1. The summed E-state index contributed by atoms with van der Waals surface area (Å²) < 4.78 is 5.33. The van der Waals surface area contributed by atoms with Gasteiger partial charge in [-0.05, 0) is 36.1 Å². The van der Waals surface area contributed by atoms with E-state index in [9.17, 15) is 0 Å². The van der Waals surface area contributed by atoms with Crippen LogP contribution in [0.25, 0.3) is 10.9 Å². The Morgan fingerprint density at radius 1 is 1.21 bits per heavy atom. The van der Waals surface area contributed by atoms with Gasteiger partial charge in [0.25, 0.3) is 0 Å². The molecule has 2 aromatic rings. The lowest BCUT2D eigenvalue weighted by Gasteiger charge is -2.10. The third-order valence-electron chi connectivity index (χ3n) is 3.94. The van der Waals surface area contributed by atoms with Gasteiger partial charge in [0.05, 0.1) is 7.11 Å². The van der Waals surface area contributed by atoms with Crippen LogP contribution in [-0.2, 0) is 0 Å². The number of ether oxygens (including phenoxy) is 1. The molecular formula is C17H25NO. The van der Waals surface area contributed by atoms with Crippen LogP contribution in [0.5, 0.6) is 5.75 Å². The highest BCUT2D eigenvalue weighted by molar-refractivity contribution is 5.85. The van der Waals surface area contributed by atoms with Crippen molar-refractivity contribution < 1.29 is 4.74 Å². The van der Waals surface area contributed by atoms with E-state index in [4.69, 9.17) is 4.74 Å². The fraction of sp³-hybridized carbons (Fsp3) is 0.529. The second-order valence-corrected chi connectivity index (χ2v) is 5.41. The third kappa shape index (κ3) is 3.31. The van der Waals surface area contributed by atoms with Crippen LogP contribution in [-0.4, -0.2) is 12.1 Å². The maximum atomic E-state index is 5.33. The highest BCUT2D eigenvalue weighted by Gasteiger charge is 2.11. The van der Waals surface area contributed by atoms with Gasteiger partial charge in [0.15, 0.2) is 0 Å². The second kappa shape index (κ2) is 6.65. The highest BCUT2D eigenvalue weighted by Crippen LogP contribution is 2.31. The van der Waals surface area contributed by atoms with Crippen LogP contribution in [0.2, 0.25) is 0 Å². The lowest BCUT2D eigenvalue weighted by Crippen LogP contribution is -1.93. The highest BCUT2D eigenvalue weighted by atomic mass is 16.5. The number of aromatic nitrogens is 1. The van der Waals surface area contributed by atoms with Gasteiger partial charge in [0.2, 0.25) is 0 Å². The molecule has 0 amide bonds. The number of benzene rings is 1. The molecule has 0 radical (unpaired) electrons. The molecule has 2 rings (SSSR count). The summed E-state index contributed by atoms with van der Waals surface area (Å²) in [6.07, 6.45) is 8.77. The zero-order valence-corrected chi connectivity index (χ0v) is 12.3. The Kier molecular flexibility index (Phi) is 4.89. The fourth-order valence-corrected chi connectivity index (χ4v) is 2.69. The van der Waals surface area contributed by atoms with Gasteiger partial charge in [-0.25, -0.2) is 0 Å². The predicted octanol–water partition coefficient (Wildman–Crippen LogP) is 5.25. The van der Waals surface area contributed by atoms with Crippen molar-refractivity contribution in [3.63, 3.8) is 0 Å². The third-order valence-corrected chi connectivity index (χ3v) is 3.94. The van der Waals surface area contributed by atoms with Crippen molar-refractivity contribution in [1.29, 1.82) is 0 Å². The van der Waals surface area contributed by atoms with Crippen LogP contribution in [0.1, 0.15) is 57.4 Å². The van der Waals surface area contributed by atoms with E-state index in [1.165, 1.54) is 48.6 Å². The van der Waals surface area contributed by atoms with E-state index in [0.717, 1.165) is 5.75 Å². The molecule has 0 aliphatic heterocycles. The summed E-state index contributed by atoms with van der Waals surface area (Å²) in [6.45, 7) is 4.59. The van der Waals surface area contributed by atoms with Crippen LogP contribution in [0.3, 0.4) is 0 Å². The predicted molar refractivity (Wildman–Crippen MR) is 82.0 cm³/mol. The smallest absolute Gasteiger partial charge is 0.119 e. The summed E-state index contributed by atoms with van der Waals surface area (Å²) in [4.78, 5) is 3.37. The minimum atomic E-state index is 0.609. The van der Waals surface area contributed by atoms with Crippen molar-refractivity contribution in [3.8, 4) is 5.75 Å². The number of hydrogen-bond acceptors (Lipinski definition) is 1. The number of hydrogen-bond donors (Lipinski definition) is 1. The van der Waals surface area contributed by atoms with E-state index < -0.39 is 0 Å². The normalized spacial score (nSPS) is 12.8. The second-order valence-electron chi connectivity index (χ2n) is 5.41. The standard InChI is InChI=1S/C17H25NO/c1-4-5-6-7-8-13(2)16-12-18-17-10-9-14(19-3)11-15(16)17/h9-13,18H,4-8H2,1-3H3. The Balaban J connectivity index is 2.10. The zero-order valence-electron chi connectivity index (χ0n) is 12.3. The van der Waals surface area contributed by atoms with Gasteiger partial charge in [-0.1, -0.05) is 39.5 Å². The van der Waals surface area contributed by atoms with E-state index in [-0.39, 0.29) is 0 Å². The lowest BCUT2D eigenvalue weighted by atomic mass is 9.94. The molecule has 1 aromatic carbocycles. The van der Waals surface area contributed by atoms with Gasteiger partial charge in [-0.3, -0.25) is 0 Å². The minimum Gasteiger partial charge on any atom is -0.497 e. The molecule has 1 unspecified atom stereocenters. The summed E-state index contributed by atoms with van der Waals surface area (Å²) in [5, 5.41) is 1.31. The first-order valence-corrected chi connectivity index (χ1v) is 7.41. The van der Waals surface area contributed by atoms with Gasteiger partial charge in [-0.2, -0.15) is 0 Å². The fourth-order valence-electron chi connectivity index (χ4n) is 2.69. The van der Waals surface area contributed by atoms with Crippen LogP contribution in [0, 0.1) is 0 Å². The van der Waals surface area contributed by atoms with Crippen molar-refractivity contribution in [2.45, 2.75) is 51.9 Å². The maximum Gasteiger partial charge on any atom is 0.119 e. The molecule has 104 valence electrons. The molecular weight excluding hydrogens is 234 g/mol. The monoisotopic (exact) mass is 259 g/mol. The Bertz CT molecular complexity index is 515. The molecule has 1 atom stereocenters. The average Bonchev–Trinajstić information content (AvgIpc) is 2.86. The Hall–Kier alpha value is -1.44. The van der Waals surface area contributed by atoms with Crippen LogP contribution in [0.15, 0.2) is 24.4 Å². The Labute approximate surface area is 116 Å². The van der Waals surface area contributed by atoms with Crippen molar-refractivity contribution in [3.05, 3.63) is 30.0 Å². The molecule has 0 aliphatic rings. The molecule has 0 saturated carbocycles. The van der Waals surface area contributed by atoms with Gasteiger partial charge in [0.1, 0.15) is 5.75 Å². The van der Waals surface area contributed by atoms with Crippen molar-refractivity contribution in [2.75, 3.05) is 7.11 Å². The average molecular weight is 259 g/mol. The number of rotatable bonds is 7. The SMILES string of the molecule is CCCCCCC(C)c1c[nH]c2ccc(OC)cc12. The molecule has 0 aliphatic carbocycles. The van der Waals surface area contributed by atoms with Crippen LogP contribution in [0.4, 0.5) is 0 Å². The molecule has 0 fully saturated rings. The zero-order chi connectivity index (χ0) is 13.7. The summed E-state index contributed by atoms with van der Waals surface area (Å²) in [6, 6.07) is 6.25. The molecule has 2 nitrogen and oxygen atoms in total.